The Labute approximate surface area is 61.0 Å². The van der Waals surface area contributed by atoms with E-state index in [4.69, 9.17) is 9.84 Å². The number of carbonyl (C=O) groups is 1. The van der Waals surface area contributed by atoms with Crippen LogP contribution >= 0.6 is 0 Å². The number of ether oxygens (including phenoxy) is 1. The molecule has 0 bridgehead atoms. The van der Waals surface area contributed by atoms with Crippen molar-refractivity contribution in [1.82, 2.24) is 0 Å². The zero-order valence-electron chi connectivity index (χ0n) is 6.46. The van der Waals surface area contributed by atoms with Crippen molar-refractivity contribution in [3.63, 3.8) is 0 Å². The highest BCUT2D eigenvalue weighted by atomic mass is 16.5. The van der Waals surface area contributed by atoms with Gasteiger partial charge in [-0.2, -0.15) is 0 Å². The molecule has 0 aromatic heterocycles. The van der Waals surface area contributed by atoms with Crippen LogP contribution in [0.1, 0.15) is 20.3 Å². The summed E-state index contributed by atoms with van der Waals surface area (Å²) in [4.78, 5) is 10.8. The van der Waals surface area contributed by atoms with Gasteiger partial charge in [-0.15, -0.1) is 0 Å². The summed E-state index contributed by atoms with van der Waals surface area (Å²) in [6, 6.07) is 0. The summed E-state index contributed by atoms with van der Waals surface area (Å²) in [6.45, 7) is 3.96. The van der Waals surface area contributed by atoms with E-state index in [1.807, 2.05) is 0 Å². The summed E-state index contributed by atoms with van der Waals surface area (Å²) in [5.74, 6) is -0.401. The molecule has 0 saturated heterocycles. The van der Waals surface area contributed by atoms with Gasteiger partial charge in [-0.25, -0.2) is 0 Å². The van der Waals surface area contributed by atoms with Crippen molar-refractivity contribution < 1.29 is 14.6 Å². The topological polar surface area (TPSA) is 46.5 Å². The van der Waals surface area contributed by atoms with Crippen molar-refractivity contribution in [2.75, 3.05) is 13.2 Å². The molecule has 0 aliphatic heterocycles. The molecule has 0 amide bonds. The summed E-state index contributed by atoms with van der Waals surface area (Å²) in [5.41, 5.74) is 0. The number of hydrogen-bond donors (Lipinski definition) is 1. The molecule has 3 heteroatoms. The van der Waals surface area contributed by atoms with E-state index in [1.165, 1.54) is 0 Å². The third-order valence-electron chi connectivity index (χ3n) is 1.25. The molecule has 0 rings (SSSR count). The Morgan fingerprint density at radius 1 is 1.70 bits per heavy atom. The minimum atomic E-state index is -0.225. The largest absolute Gasteiger partial charge is 0.466 e. The smallest absolute Gasteiger partial charge is 0.308 e. The fourth-order valence-electron chi connectivity index (χ4n) is 0.596. The molecule has 0 aromatic carbocycles. The summed E-state index contributed by atoms with van der Waals surface area (Å²) >= 11 is 0. The highest BCUT2D eigenvalue weighted by Crippen LogP contribution is 2.02. The van der Waals surface area contributed by atoms with Gasteiger partial charge in [0.15, 0.2) is 0 Å². The number of aliphatic hydroxyl groups is 1. The number of aliphatic hydroxyl groups excluding tert-OH is 1. The van der Waals surface area contributed by atoms with E-state index in [0.717, 1.165) is 0 Å². The molecule has 0 saturated carbocycles. The second-order valence-corrected chi connectivity index (χ2v) is 2.17. The minimum absolute atomic E-state index is 0.0416. The van der Waals surface area contributed by atoms with Crippen LogP contribution in [-0.4, -0.2) is 24.3 Å². The second kappa shape index (κ2) is 5.23. The molecule has 3 nitrogen and oxygen atoms in total. The first-order valence-electron chi connectivity index (χ1n) is 3.49. The number of hydrogen-bond acceptors (Lipinski definition) is 3. The van der Waals surface area contributed by atoms with Gasteiger partial charge < -0.3 is 9.84 Å². The van der Waals surface area contributed by atoms with Gasteiger partial charge in [0.1, 0.15) is 0 Å². The second-order valence-electron chi connectivity index (χ2n) is 2.17. The van der Waals surface area contributed by atoms with Gasteiger partial charge >= 0.3 is 5.97 Å². The average Bonchev–Trinajstić information content (AvgIpc) is 1.89. The molecule has 0 aliphatic carbocycles. The summed E-state index contributed by atoms with van der Waals surface area (Å²) < 4.78 is 4.71. The molecule has 0 aliphatic rings. The van der Waals surface area contributed by atoms with Crippen molar-refractivity contribution in [2.24, 2.45) is 5.92 Å². The number of carbonyl (C=O) groups excluding carboxylic acids is 1. The summed E-state index contributed by atoms with van der Waals surface area (Å²) in [5, 5.41) is 8.45. The minimum Gasteiger partial charge on any atom is -0.466 e. The van der Waals surface area contributed by atoms with E-state index in [2.05, 4.69) is 0 Å². The highest BCUT2D eigenvalue weighted by molar-refractivity contribution is 5.71. The first-order chi connectivity index (χ1) is 4.72. The van der Waals surface area contributed by atoms with Crippen LogP contribution in [0.15, 0.2) is 0 Å². The molecule has 1 unspecified atom stereocenters. The lowest BCUT2D eigenvalue weighted by Crippen LogP contribution is -2.15. The van der Waals surface area contributed by atoms with Crippen LogP contribution in [0.4, 0.5) is 0 Å². The maximum atomic E-state index is 10.8. The summed E-state index contributed by atoms with van der Waals surface area (Å²) in [7, 11) is 0. The number of esters is 1. The normalized spacial score (nSPS) is 12.7. The molecule has 0 heterocycles. The van der Waals surface area contributed by atoms with E-state index in [1.54, 1.807) is 13.8 Å². The van der Waals surface area contributed by atoms with Gasteiger partial charge in [0.25, 0.3) is 0 Å². The lowest BCUT2D eigenvalue weighted by molar-refractivity contribution is -0.147. The lowest BCUT2D eigenvalue weighted by Gasteiger charge is -2.07. The molecule has 0 radical (unpaired) electrons. The Bertz CT molecular complexity index is 101. The van der Waals surface area contributed by atoms with Gasteiger partial charge in [0, 0.05) is 6.61 Å². The van der Waals surface area contributed by atoms with Gasteiger partial charge in [-0.05, 0) is 13.3 Å². The van der Waals surface area contributed by atoms with Crippen molar-refractivity contribution in [3.8, 4) is 0 Å². The zero-order valence-corrected chi connectivity index (χ0v) is 6.46. The van der Waals surface area contributed by atoms with Crippen molar-refractivity contribution >= 4 is 5.97 Å². The molecule has 10 heavy (non-hydrogen) atoms. The van der Waals surface area contributed by atoms with Gasteiger partial charge in [-0.3, -0.25) is 4.79 Å². The van der Waals surface area contributed by atoms with Crippen LogP contribution in [0.3, 0.4) is 0 Å². The number of rotatable bonds is 4. The fraction of sp³-hybridized carbons (Fsp3) is 0.857. The fourth-order valence-corrected chi connectivity index (χ4v) is 0.596. The van der Waals surface area contributed by atoms with Gasteiger partial charge in [0.2, 0.25) is 0 Å². The third kappa shape index (κ3) is 3.45. The lowest BCUT2D eigenvalue weighted by atomic mass is 10.1. The van der Waals surface area contributed by atoms with Gasteiger partial charge in [0.05, 0.1) is 12.5 Å². The van der Waals surface area contributed by atoms with E-state index in [9.17, 15) is 4.79 Å². The Balaban J connectivity index is 3.49. The molecular formula is C7H14O3. The Morgan fingerprint density at radius 3 is 2.70 bits per heavy atom. The third-order valence-corrected chi connectivity index (χ3v) is 1.25. The Morgan fingerprint density at radius 2 is 2.30 bits per heavy atom. The van der Waals surface area contributed by atoms with Crippen LogP contribution in [0.5, 0.6) is 0 Å². The predicted molar refractivity (Wildman–Crippen MR) is 37.5 cm³/mol. The maximum absolute atomic E-state index is 10.8. The summed E-state index contributed by atoms with van der Waals surface area (Å²) in [6.07, 6.45) is 0.485. The quantitative estimate of drug-likeness (QED) is 0.590. The Hall–Kier alpha value is -0.570. The standard InChI is InChI=1S/C7H14O3/c1-3-10-7(9)6(2)4-5-8/h6,8H,3-5H2,1-2H3. The molecular weight excluding hydrogens is 132 g/mol. The van der Waals surface area contributed by atoms with Crippen LogP contribution in [0.25, 0.3) is 0 Å². The molecule has 60 valence electrons. The monoisotopic (exact) mass is 146 g/mol. The first-order valence-corrected chi connectivity index (χ1v) is 3.49. The zero-order chi connectivity index (χ0) is 7.98. The molecule has 1 N–H and O–H groups in total. The van der Waals surface area contributed by atoms with E-state index < -0.39 is 0 Å². The average molecular weight is 146 g/mol. The highest BCUT2D eigenvalue weighted by Gasteiger charge is 2.11. The van der Waals surface area contributed by atoms with Crippen LogP contribution in [0.2, 0.25) is 0 Å². The van der Waals surface area contributed by atoms with Crippen molar-refractivity contribution in [2.45, 2.75) is 20.3 Å². The van der Waals surface area contributed by atoms with Crippen LogP contribution in [0, 0.1) is 5.92 Å². The maximum Gasteiger partial charge on any atom is 0.308 e. The van der Waals surface area contributed by atoms with Gasteiger partial charge in [-0.1, -0.05) is 6.92 Å². The predicted octanol–water partition coefficient (Wildman–Crippen LogP) is 0.568. The SMILES string of the molecule is CCOC(=O)C(C)CCO. The van der Waals surface area contributed by atoms with E-state index >= 15 is 0 Å². The van der Waals surface area contributed by atoms with Crippen LogP contribution in [-0.2, 0) is 9.53 Å². The molecule has 1 atom stereocenters. The molecule has 0 aromatic rings. The molecule has 0 spiro atoms. The first kappa shape index (κ1) is 9.43. The molecule has 0 fully saturated rings. The van der Waals surface area contributed by atoms with Crippen LogP contribution < -0.4 is 0 Å². The Kier molecular flexibility index (Phi) is 4.94. The van der Waals surface area contributed by atoms with E-state index in [-0.39, 0.29) is 18.5 Å². The van der Waals surface area contributed by atoms with E-state index in [0.29, 0.717) is 13.0 Å². The van der Waals surface area contributed by atoms with Crippen molar-refractivity contribution in [1.29, 1.82) is 0 Å². The van der Waals surface area contributed by atoms with Crippen molar-refractivity contribution in [3.05, 3.63) is 0 Å².